The predicted molar refractivity (Wildman–Crippen MR) is 129 cm³/mol. The van der Waals surface area contributed by atoms with Crippen LogP contribution >= 0.6 is 35.7 Å². The average molecular weight is 519 g/mol. The molecule has 0 unspecified atom stereocenters. The van der Waals surface area contributed by atoms with E-state index in [2.05, 4.69) is 42.0 Å². The highest BCUT2D eigenvalue weighted by Gasteiger charge is 2.31. The molecular weight excluding hydrogens is 485 g/mol. The van der Waals surface area contributed by atoms with Gasteiger partial charge in [0, 0.05) is 36.6 Å². The van der Waals surface area contributed by atoms with E-state index in [4.69, 9.17) is 14.5 Å². The summed E-state index contributed by atoms with van der Waals surface area (Å²) in [5.41, 5.74) is 1.14. The van der Waals surface area contributed by atoms with E-state index in [9.17, 15) is 0 Å². The molecule has 2 aliphatic rings. The first kappa shape index (κ1) is 23.6. The van der Waals surface area contributed by atoms with Gasteiger partial charge in [0.2, 0.25) is 0 Å². The fourth-order valence-corrected chi connectivity index (χ4v) is 4.01. The van der Waals surface area contributed by atoms with Crippen LogP contribution in [0.2, 0.25) is 0 Å². The van der Waals surface area contributed by atoms with Gasteiger partial charge in [-0.2, -0.15) is 11.8 Å². The van der Waals surface area contributed by atoms with Crippen molar-refractivity contribution < 1.29 is 9.47 Å². The topological polar surface area (TPSA) is 54.9 Å². The van der Waals surface area contributed by atoms with Crippen LogP contribution < -0.4 is 15.4 Å². The number of nitrogens with zero attached hydrogens (tertiary/aromatic N) is 1. The Morgan fingerprint density at radius 1 is 1.25 bits per heavy atom. The Bertz CT molecular complexity index is 619. The van der Waals surface area contributed by atoms with E-state index in [1.807, 2.05) is 17.8 Å². The number of aliphatic imine (C=N–C) groups is 1. The normalized spacial score (nSPS) is 18.9. The maximum Gasteiger partial charge on any atom is 0.191 e. The summed E-state index contributed by atoms with van der Waals surface area (Å²) in [6.07, 6.45) is 6.97. The predicted octanol–water partition coefficient (Wildman–Crippen LogP) is 4.06. The molecule has 1 aliphatic heterocycles. The highest BCUT2D eigenvalue weighted by Crippen LogP contribution is 2.33. The zero-order valence-corrected chi connectivity index (χ0v) is 20.2. The van der Waals surface area contributed by atoms with Crippen molar-refractivity contribution in [1.29, 1.82) is 0 Å². The lowest BCUT2D eigenvalue weighted by molar-refractivity contribution is 0.0783. The standard InChI is InChI=1S/C21H33N3O2S.HI/c1-3-22-20(24-16-21(27-2)10-12-25-13-11-21)23-14-18-6-4-5-7-19(18)26-15-17-8-9-17;/h4-7,17H,3,8-16H2,1-2H3,(H2,22,23,24);1H. The van der Waals surface area contributed by atoms with Crippen molar-refractivity contribution >= 4 is 41.7 Å². The third-order valence-corrected chi connectivity index (χ3v) is 6.73. The Kier molecular flexibility index (Phi) is 10.2. The highest BCUT2D eigenvalue weighted by atomic mass is 127. The smallest absolute Gasteiger partial charge is 0.191 e. The number of nitrogens with one attached hydrogen (secondary N) is 2. The Morgan fingerprint density at radius 2 is 2.00 bits per heavy atom. The Morgan fingerprint density at radius 3 is 2.68 bits per heavy atom. The zero-order chi connectivity index (χ0) is 19.0. The Balaban J connectivity index is 0.00000280. The first-order chi connectivity index (χ1) is 13.2. The van der Waals surface area contributed by atoms with Crippen LogP contribution in [0.15, 0.2) is 29.3 Å². The molecule has 2 fully saturated rings. The van der Waals surface area contributed by atoms with E-state index in [0.717, 1.165) is 68.9 Å². The summed E-state index contributed by atoms with van der Waals surface area (Å²) in [7, 11) is 0. The Labute approximate surface area is 190 Å². The summed E-state index contributed by atoms with van der Waals surface area (Å²) < 4.78 is 11.8. The van der Waals surface area contributed by atoms with Gasteiger partial charge in [-0.25, -0.2) is 4.99 Å². The summed E-state index contributed by atoms with van der Waals surface area (Å²) in [6.45, 7) is 7.00. The van der Waals surface area contributed by atoms with Gasteiger partial charge < -0.3 is 20.1 Å². The molecule has 7 heteroatoms. The molecule has 0 radical (unpaired) electrons. The second kappa shape index (κ2) is 12.1. The minimum absolute atomic E-state index is 0. The largest absolute Gasteiger partial charge is 0.493 e. The lowest BCUT2D eigenvalue weighted by atomic mass is 9.99. The van der Waals surface area contributed by atoms with Gasteiger partial charge in [0.15, 0.2) is 5.96 Å². The van der Waals surface area contributed by atoms with Crippen molar-refractivity contribution in [2.45, 2.75) is 43.9 Å². The van der Waals surface area contributed by atoms with Crippen molar-refractivity contribution in [2.75, 3.05) is 39.2 Å². The summed E-state index contributed by atoms with van der Waals surface area (Å²) in [4.78, 5) is 4.81. The molecule has 0 amide bonds. The van der Waals surface area contributed by atoms with Crippen LogP contribution in [0.5, 0.6) is 5.75 Å². The minimum atomic E-state index is 0. The summed E-state index contributed by atoms with van der Waals surface area (Å²) in [6, 6.07) is 8.25. The number of thioether (sulfide) groups is 1. The van der Waals surface area contributed by atoms with Gasteiger partial charge in [-0.05, 0) is 50.8 Å². The number of hydrogen-bond acceptors (Lipinski definition) is 4. The molecule has 1 aliphatic carbocycles. The van der Waals surface area contributed by atoms with Gasteiger partial charge in [-0.3, -0.25) is 0 Å². The molecule has 1 saturated carbocycles. The van der Waals surface area contributed by atoms with Gasteiger partial charge >= 0.3 is 0 Å². The van der Waals surface area contributed by atoms with E-state index in [1.54, 1.807) is 0 Å². The van der Waals surface area contributed by atoms with Crippen LogP contribution in [0.1, 0.15) is 38.2 Å². The molecule has 1 aromatic rings. The van der Waals surface area contributed by atoms with E-state index in [-0.39, 0.29) is 28.7 Å². The minimum Gasteiger partial charge on any atom is -0.493 e. The van der Waals surface area contributed by atoms with Gasteiger partial charge in [0.1, 0.15) is 5.75 Å². The van der Waals surface area contributed by atoms with Crippen LogP contribution in [-0.4, -0.2) is 49.9 Å². The van der Waals surface area contributed by atoms with Crippen LogP contribution in [0.4, 0.5) is 0 Å². The number of ether oxygens (including phenoxy) is 2. The molecule has 3 rings (SSSR count). The summed E-state index contributed by atoms with van der Waals surface area (Å²) >= 11 is 1.94. The molecule has 1 heterocycles. The van der Waals surface area contributed by atoms with Crippen LogP contribution in [0.3, 0.4) is 0 Å². The van der Waals surface area contributed by atoms with Crippen molar-refractivity contribution in [3.05, 3.63) is 29.8 Å². The first-order valence-corrected chi connectivity index (χ1v) is 11.3. The van der Waals surface area contributed by atoms with Crippen molar-refractivity contribution in [1.82, 2.24) is 10.6 Å². The van der Waals surface area contributed by atoms with Crippen LogP contribution in [-0.2, 0) is 11.3 Å². The highest BCUT2D eigenvalue weighted by molar-refractivity contribution is 14.0. The number of hydrogen-bond donors (Lipinski definition) is 2. The number of guanidine groups is 1. The van der Waals surface area contributed by atoms with E-state index < -0.39 is 0 Å². The molecule has 0 atom stereocenters. The maximum absolute atomic E-state index is 6.01. The molecule has 2 N–H and O–H groups in total. The third-order valence-electron chi connectivity index (χ3n) is 5.31. The molecule has 0 aromatic heterocycles. The van der Waals surface area contributed by atoms with Crippen molar-refractivity contribution in [2.24, 2.45) is 10.9 Å². The summed E-state index contributed by atoms with van der Waals surface area (Å²) in [5.74, 6) is 2.59. The van der Waals surface area contributed by atoms with Gasteiger partial charge in [-0.15, -0.1) is 24.0 Å². The lowest BCUT2D eigenvalue weighted by Gasteiger charge is -2.36. The quantitative estimate of drug-likeness (QED) is 0.293. The number of para-hydroxylation sites is 1. The number of halogens is 1. The molecule has 0 spiro atoms. The molecule has 0 bridgehead atoms. The molecular formula is C21H34IN3O2S. The van der Waals surface area contributed by atoms with E-state index >= 15 is 0 Å². The zero-order valence-electron chi connectivity index (χ0n) is 17.0. The summed E-state index contributed by atoms with van der Waals surface area (Å²) in [5, 5.41) is 6.92. The molecule has 1 saturated heterocycles. The third kappa shape index (κ3) is 7.30. The fourth-order valence-electron chi connectivity index (χ4n) is 3.21. The fraction of sp³-hybridized carbons (Fsp3) is 0.667. The van der Waals surface area contributed by atoms with E-state index in [1.165, 1.54) is 12.8 Å². The lowest BCUT2D eigenvalue weighted by Crippen LogP contribution is -2.47. The van der Waals surface area contributed by atoms with Gasteiger partial charge in [-0.1, -0.05) is 18.2 Å². The molecule has 28 heavy (non-hydrogen) atoms. The molecule has 158 valence electrons. The van der Waals surface area contributed by atoms with E-state index in [0.29, 0.717) is 6.54 Å². The average Bonchev–Trinajstić information content (AvgIpc) is 3.54. The molecule has 5 nitrogen and oxygen atoms in total. The number of rotatable bonds is 9. The maximum atomic E-state index is 6.01. The Hall–Kier alpha value is -0.670. The first-order valence-electron chi connectivity index (χ1n) is 10.1. The second-order valence-electron chi connectivity index (χ2n) is 7.41. The molecule has 1 aromatic carbocycles. The number of benzene rings is 1. The monoisotopic (exact) mass is 519 g/mol. The van der Waals surface area contributed by atoms with Crippen molar-refractivity contribution in [3.8, 4) is 5.75 Å². The van der Waals surface area contributed by atoms with Crippen molar-refractivity contribution in [3.63, 3.8) is 0 Å². The van der Waals surface area contributed by atoms with Gasteiger partial charge in [0.25, 0.3) is 0 Å². The van der Waals surface area contributed by atoms with Gasteiger partial charge in [0.05, 0.1) is 13.2 Å². The SMILES string of the molecule is CCNC(=NCc1ccccc1OCC1CC1)NCC1(SC)CCOCC1.I. The van der Waals surface area contributed by atoms with Crippen LogP contribution in [0, 0.1) is 5.92 Å². The second-order valence-corrected chi connectivity index (χ2v) is 8.68. The van der Waals surface area contributed by atoms with Crippen LogP contribution in [0.25, 0.3) is 0 Å².